The first kappa shape index (κ1) is 12.6. The molecule has 5 nitrogen and oxygen atoms in total. The second-order valence-electron chi connectivity index (χ2n) is 4.62. The number of hydrogen-bond donors (Lipinski definition) is 2. The Morgan fingerprint density at radius 1 is 1.20 bits per heavy atom. The SMILES string of the molecule is Cc1nc2cc(-c3ccc(F)cc3)nn2c(NN)c1C. The lowest BCUT2D eigenvalue weighted by Crippen LogP contribution is -2.14. The van der Waals surface area contributed by atoms with Gasteiger partial charge in [0.25, 0.3) is 0 Å². The topological polar surface area (TPSA) is 68.2 Å². The van der Waals surface area contributed by atoms with Crippen molar-refractivity contribution in [2.24, 2.45) is 5.84 Å². The number of nitrogen functional groups attached to an aromatic ring is 1. The van der Waals surface area contributed by atoms with Gasteiger partial charge < -0.3 is 5.43 Å². The lowest BCUT2D eigenvalue weighted by Gasteiger charge is -2.09. The second-order valence-corrected chi connectivity index (χ2v) is 4.62. The van der Waals surface area contributed by atoms with Gasteiger partial charge in [-0.2, -0.15) is 9.61 Å². The summed E-state index contributed by atoms with van der Waals surface area (Å²) in [6, 6.07) is 8.04. The minimum atomic E-state index is -0.272. The van der Waals surface area contributed by atoms with Crippen LogP contribution in [0.15, 0.2) is 30.3 Å². The van der Waals surface area contributed by atoms with E-state index in [9.17, 15) is 4.39 Å². The number of benzene rings is 1. The molecule has 3 rings (SSSR count). The van der Waals surface area contributed by atoms with Crippen LogP contribution in [0.4, 0.5) is 10.2 Å². The van der Waals surface area contributed by atoms with Crippen molar-refractivity contribution in [3.05, 3.63) is 47.4 Å². The number of fused-ring (bicyclic) bond motifs is 1. The Morgan fingerprint density at radius 2 is 1.90 bits per heavy atom. The van der Waals surface area contributed by atoms with E-state index >= 15 is 0 Å². The van der Waals surface area contributed by atoms with Crippen LogP contribution in [0.25, 0.3) is 16.9 Å². The Labute approximate surface area is 115 Å². The Bertz CT molecular complexity index is 776. The van der Waals surface area contributed by atoms with Crippen LogP contribution in [0.3, 0.4) is 0 Å². The molecule has 6 heteroatoms. The summed E-state index contributed by atoms with van der Waals surface area (Å²) in [5.74, 6) is 5.99. The fourth-order valence-corrected chi connectivity index (χ4v) is 2.13. The molecule has 20 heavy (non-hydrogen) atoms. The highest BCUT2D eigenvalue weighted by Crippen LogP contribution is 2.24. The minimum absolute atomic E-state index is 0.272. The van der Waals surface area contributed by atoms with Crippen LogP contribution in [-0.2, 0) is 0 Å². The number of hydrazine groups is 1. The largest absolute Gasteiger partial charge is 0.308 e. The summed E-state index contributed by atoms with van der Waals surface area (Å²) >= 11 is 0. The van der Waals surface area contributed by atoms with Crippen molar-refractivity contribution in [3.63, 3.8) is 0 Å². The standard InChI is InChI=1S/C14H14FN5/c1-8-9(2)17-13-7-12(19-20(13)14(8)18-16)10-3-5-11(15)6-4-10/h3-7,18H,16H2,1-2H3. The Morgan fingerprint density at radius 3 is 2.55 bits per heavy atom. The van der Waals surface area contributed by atoms with Gasteiger partial charge in [-0.25, -0.2) is 15.2 Å². The number of hydrogen-bond acceptors (Lipinski definition) is 4. The third-order valence-corrected chi connectivity index (χ3v) is 3.36. The highest BCUT2D eigenvalue weighted by molar-refractivity contribution is 5.66. The molecular weight excluding hydrogens is 257 g/mol. The van der Waals surface area contributed by atoms with Crippen molar-refractivity contribution < 1.29 is 4.39 Å². The predicted octanol–water partition coefficient (Wildman–Crippen LogP) is 2.44. The Balaban J connectivity index is 2.22. The quantitative estimate of drug-likeness (QED) is 0.555. The molecule has 0 bridgehead atoms. The molecule has 0 radical (unpaired) electrons. The van der Waals surface area contributed by atoms with E-state index in [2.05, 4.69) is 15.5 Å². The normalized spacial score (nSPS) is 11.0. The van der Waals surface area contributed by atoms with Gasteiger partial charge in [0.15, 0.2) is 5.65 Å². The van der Waals surface area contributed by atoms with Crippen LogP contribution >= 0.6 is 0 Å². The molecule has 0 fully saturated rings. The van der Waals surface area contributed by atoms with Gasteiger partial charge in [-0.1, -0.05) is 0 Å². The number of aryl methyl sites for hydroxylation is 1. The first-order chi connectivity index (χ1) is 9.60. The summed E-state index contributed by atoms with van der Waals surface area (Å²) in [6.07, 6.45) is 0. The fourth-order valence-electron chi connectivity index (χ4n) is 2.13. The van der Waals surface area contributed by atoms with Crippen molar-refractivity contribution >= 4 is 11.5 Å². The van der Waals surface area contributed by atoms with Crippen LogP contribution in [-0.4, -0.2) is 14.6 Å². The first-order valence-electron chi connectivity index (χ1n) is 6.19. The molecule has 0 aliphatic carbocycles. The number of nitrogens with two attached hydrogens (primary N) is 1. The monoisotopic (exact) mass is 271 g/mol. The lowest BCUT2D eigenvalue weighted by atomic mass is 10.1. The average Bonchev–Trinajstić information content (AvgIpc) is 2.84. The zero-order valence-corrected chi connectivity index (χ0v) is 11.2. The molecule has 3 aromatic rings. The molecule has 2 heterocycles. The van der Waals surface area contributed by atoms with E-state index in [0.29, 0.717) is 11.5 Å². The van der Waals surface area contributed by atoms with Crippen molar-refractivity contribution in [2.45, 2.75) is 13.8 Å². The van der Waals surface area contributed by atoms with Gasteiger partial charge in [0.1, 0.15) is 11.6 Å². The Kier molecular flexibility index (Phi) is 2.87. The molecule has 0 atom stereocenters. The minimum Gasteiger partial charge on any atom is -0.308 e. The summed E-state index contributed by atoms with van der Waals surface area (Å²) in [5, 5.41) is 4.47. The van der Waals surface area contributed by atoms with Crippen molar-refractivity contribution in [1.82, 2.24) is 14.6 Å². The molecule has 3 N–H and O–H groups in total. The van der Waals surface area contributed by atoms with E-state index in [4.69, 9.17) is 5.84 Å². The van der Waals surface area contributed by atoms with Gasteiger partial charge in [-0.3, -0.25) is 0 Å². The molecule has 0 unspecified atom stereocenters. The van der Waals surface area contributed by atoms with E-state index in [1.807, 2.05) is 19.9 Å². The zero-order chi connectivity index (χ0) is 14.3. The summed E-state index contributed by atoms with van der Waals surface area (Å²) in [6.45, 7) is 3.84. The molecule has 0 spiro atoms. The highest BCUT2D eigenvalue weighted by atomic mass is 19.1. The van der Waals surface area contributed by atoms with E-state index < -0.39 is 0 Å². The maximum Gasteiger partial charge on any atom is 0.158 e. The fraction of sp³-hybridized carbons (Fsp3) is 0.143. The van der Waals surface area contributed by atoms with E-state index in [1.165, 1.54) is 12.1 Å². The number of halogens is 1. The highest BCUT2D eigenvalue weighted by Gasteiger charge is 2.12. The smallest absolute Gasteiger partial charge is 0.158 e. The molecular formula is C14H14FN5. The number of nitrogens with one attached hydrogen (secondary N) is 1. The van der Waals surface area contributed by atoms with Gasteiger partial charge >= 0.3 is 0 Å². The molecule has 2 aromatic heterocycles. The maximum absolute atomic E-state index is 13.0. The third-order valence-electron chi connectivity index (χ3n) is 3.36. The van der Waals surface area contributed by atoms with E-state index in [-0.39, 0.29) is 5.82 Å². The average molecular weight is 271 g/mol. The second kappa shape index (κ2) is 4.57. The predicted molar refractivity (Wildman–Crippen MR) is 75.7 cm³/mol. The molecule has 0 aliphatic heterocycles. The van der Waals surface area contributed by atoms with E-state index in [1.54, 1.807) is 16.6 Å². The van der Waals surface area contributed by atoms with Crippen LogP contribution in [0.2, 0.25) is 0 Å². The van der Waals surface area contributed by atoms with Crippen molar-refractivity contribution in [1.29, 1.82) is 0 Å². The lowest BCUT2D eigenvalue weighted by molar-refractivity contribution is 0.628. The number of anilines is 1. The maximum atomic E-state index is 13.0. The van der Waals surface area contributed by atoms with Crippen LogP contribution < -0.4 is 11.3 Å². The van der Waals surface area contributed by atoms with Crippen LogP contribution in [0.1, 0.15) is 11.3 Å². The number of nitrogens with zero attached hydrogens (tertiary/aromatic N) is 3. The molecule has 0 amide bonds. The van der Waals surface area contributed by atoms with Gasteiger partial charge in [-0.15, -0.1) is 0 Å². The summed E-state index contributed by atoms with van der Waals surface area (Å²) in [4.78, 5) is 4.48. The third kappa shape index (κ3) is 1.90. The van der Waals surface area contributed by atoms with E-state index in [0.717, 1.165) is 22.5 Å². The van der Waals surface area contributed by atoms with Crippen molar-refractivity contribution in [3.8, 4) is 11.3 Å². The summed E-state index contributed by atoms with van der Waals surface area (Å²) < 4.78 is 14.6. The number of rotatable bonds is 2. The van der Waals surface area contributed by atoms with Gasteiger partial charge in [-0.05, 0) is 38.1 Å². The van der Waals surface area contributed by atoms with Crippen LogP contribution in [0.5, 0.6) is 0 Å². The molecule has 0 saturated heterocycles. The molecule has 0 aliphatic rings. The summed E-state index contributed by atoms with van der Waals surface area (Å²) in [5.41, 5.74) is 6.72. The van der Waals surface area contributed by atoms with Gasteiger partial charge in [0.2, 0.25) is 0 Å². The molecule has 0 saturated carbocycles. The first-order valence-corrected chi connectivity index (χ1v) is 6.19. The molecule has 1 aromatic carbocycles. The van der Waals surface area contributed by atoms with Gasteiger partial charge in [0.05, 0.1) is 5.69 Å². The molecule has 102 valence electrons. The van der Waals surface area contributed by atoms with Gasteiger partial charge in [0, 0.05) is 22.9 Å². The van der Waals surface area contributed by atoms with Crippen molar-refractivity contribution in [2.75, 3.05) is 5.43 Å². The van der Waals surface area contributed by atoms with Crippen LogP contribution in [0, 0.1) is 19.7 Å². The number of aromatic nitrogens is 3. The Hall–Kier alpha value is -2.47. The zero-order valence-electron chi connectivity index (χ0n) is 11.2. The summed E-state index contributed by atoms with van der Waals surface area (Å²) in [7, 11) is 0.